The van der Waals surface area contributed by atoms with Gasteiger partial charge in [0.2, 0.25) is 5.91 Å². The number of carbonyl (C=O) groups excluding carboxylic acids is 1. The Morgan fingerprint density at radius 2 is 2.05 bits per heavy atom. The fourth-order valence-corrected chi connectivity index (χ4v) is 1.69. The summed E-state index contributed by atoms with van der Waals surface area (Å²) in [5, 5.41) is 3.87. The van der Waals surface area contributed by atoms with Gasteiger partial charge in [-0.3, -0.25) is 4.79 Å². The van der Waals surface area contributed by atoms with Crippen molar-refractivity contribution in [3.63, 3.8) is 0 Å². The second-order valence-corrected chi connectivity index (χ2v) is 4.32. The van der Waals surface area contributed by atoms with E-state index in [9.17, 15) is 22.4 Å². The third kappa shape index (κ3) is 3.68. The number of nitrogens with zero attached hydrogens (tertiary/aromatic N) is 3. The summed E-state index contributed by atoms with van der Waals surface area (Å²) in [6, 6.07) is 2.79. The predicted molar refractivity (Wildman–Crippen MR) is 69.8 cm³/mol. The van der Waals surface area contributed by atoms with E-state index in [1.54, 1.807) is 0 Å². The van der Waals surface area contributed by atoms with Gasteiger partial charge < -0.3 is 5.73 Å². The number of rotatable bonds is 4. The summed E-state index contributed by atoms with van der Waals surface area (Å²) in [6.45, 7) is -1.04. The van der Waals surface area contributed by atoms with E-state index in [1.165, 1.54) is 18.6 Å². The molecule has 0 radical (unpaired) electrons. The molecule has 1 aromatic carbocycles. The normalized spacial score (nSPS) is 12.0. The fourth-order valence-electron chi connectivity index (χ4n) is 1.69. The first-order valence-corrected chi connectivity index (χ1v) is 5.96. The molecule has 0 saturated carbocycles. The van der Waals surface area contributed by atoms with Crippen LogP contribution in [0.3, 0.4) is 0 Å². The maximum absolute atomic E-state index is 12.8. The van der Waals surface area contributed by atoms with E-state index in [0.717, 1.165) is 22.9 Å². The summed E-state index contributed by atoms with van der Waals surface area (Å²) in [6.07, 6.45) is -1.21. The van der Waals surface area contributed by atoms with Crippen LogP contribution in [0.25, 0.3) is 17.6 Å². The fraction of sp³-hybridized carbons (Fsp3) is 0.154. The van der Waals surface area contributed by atoms with Crippen LogP contribution in [0.5, 0.6) is 0 Å². The Morgan fingerprint density at radius 1 is 1.32 bits per heavy atom. The molecule has 116 valence electrons. The predicted octanol–water partition coefficient (Wildman–Crippen LogP) is 2.39. The molecule has 2 rings (SSSR count). The molecule has 2 aromatic rings. The third-order valence-corrected chi connectivity index (χ3v) is 2.63. The summed E-state index contributed by atoms with van der Waals surface area (Å²) in [7, 11) is 0. The van der Waals surface area contributed by atoms with Gasteiger partial charge in [-0.2, -0.15) is 13.2 Å². The number of amides is 1. The minimum atomic E-state index is -4.60. The summed E-state index contributed by atoms with van der Waals surface area (Å²) < 4.78 is 52.2. The molecule has 0 aliphatic carbocycles. The van der Waals surface area contributed by atoms with Crippen molar-refractivity contribution in [3.8, 4) is 11.4 Å². The van der Waals surface area contributed by atoms with E-state index in [0.29, 0.717) is 0 Å². The Morgan fingerprint density at radius 3 is 2.64 bits per heavy atom. The second-order valence-electron chi connectivity index (χ2n) is 4.32. The van der Waals surface area contributed by atoms with Gasteiger partial charge in [0.15, 0.2) is 5.82 Å². The molecule has 1 aromatic heterocycles. The zero-order valence-electron chi connectivity index (χ0n) is 11.0. The van der Waals surface area contributed by atoms with Crippen molar-refractivity contribution in [2.24, 2.45) is 5.73 Å². The highest BCUT2D eigenvalue weighted by Gasteiger charge is 2.31. The molecule has 5 nitrogen and oxygen atoms in total. The molecule has 1 heterocycles. The Bertz CT molecular complexity index is 721. The van der Waals surface area contributed by atoms with Crippen LogP contribution < -0.4 is 5.73 Å². The van der Waals surface area contributed by atoms with E-state index in [1.807, 2.05) is 0 Å². The average Bonchev–Trinajstić information content (AvgIpc) is 2.92. The first-order valence-electron chi connectivity index (χ1n) is 5.96. The van der Waals surface area contributed by atoms with Crippen LogP contribution in [-0.4, -0.2) is 20.7 Å². The van der Waals surface area contributed by atoms with E-state index in [4.69, 9.17) is 5.73 Å². The van der Waals surface area contributed by atoms with E-state index in [-0.39, 0.29) is 17.0 Å². The van der Waals surface area contributed by atoms with Gasteiger partial charge in [-0.25, -0.2) is 14.1 Å². The van der Waals surface area contributed by atoms with Gasteiger partial charge in [0.05, 0.1) is 5.56 Å². The molecule has 0 aliphatic heterocycles. The summed E-state index contributed by atoms with van der Waals surface area (Å²) >= 11 is 0. The van der Waals surface area contributed by atoms with Crippen LogP contribution in [0.2, 0.25) is 0 Å². The molecule has 22 heavy (non-hydrogen) atoms. The lowest BCUT2D eigenvalue weighted by atomic mass is 10.1. The highest BCUT2D eigenvalue weighted by Crippen LogP contribution is 2.32. The smallest absolute Gasteiger partial charge is 0.366 e. The van der Waals surface area contributed by atoms with Gasteiger partial charge in [-0.15, -0.1) is 5.10 Å². The van der Waals surface area contributed by atoms with Gasteiger partial charge in [0, 0.05) is 17.8 Å². The first-order chi connectivity index (χ1) is 10.3. The number of primary amides is 1. The van der Waals surface area contributed by atoms with Crippen LogP contribution >= 0.6 is 0 Å². The topological polar surface area (TPSA) is 73.8 Å². The molecule has 2 N–H and O–H groups in total. The maximum atomic E-state index is 12.8. The van der Waals surface area contributed by atoms with Crippen molar-refractivity contribution in [2.45, 2.75) is 12.9 Å². The molecule has 0 unspecified atom stereocenters. The number of hydrogen-bond acceptors (Lipinski definition) is 3. The summed E-state index contributed by atoms with van der Waals surface area (Å²) in [4.78, 5) is 14.4. The summed E-state index contributed by atoms with van der Waals surface area (Å²) in [5.74, 6) is -0.745. The number of halogens is 4. The molecule has 0 bridgehead atoms. The van der Waals surface area contributed by atoms with Crippen molar-refractivity contribution < 1.29 is 22.4 Å². The molecular weight excluding hydrogens is 304 g/mol. The molecule has 0 saturated heterocycles. The monoisotopic (exact) mass is 314 g/mol. The van der Waals surface area contributed by atoms with Crippen LogP contribution in [0.15, 0.2) is 30.6 Å². The van der Waals surface area contributed by atoms with Crippen molar-refractivity contribution >= 4 is 12.1 Å². The Kier molecular flexibility index (Phi) is 4.25. The average molecular weight is 314 g/mol. The van der Waals surface area contributed by atoms with Crippen molar-refractivity contribution in [1.82, 2.24) is 14.8 Å². The van der Waals surface area contributed by atoms with E-state index >= 15 is 0 Å². The van der Waals surface area contributed by atoms with Gasteiger partial charge in [0.25, 0.3) is 0 Å². The Balaban J connectivity index is 2.42. The minimum absolute atomic E-state index is 0.0219. The number of carbonyl (C=O) groups is 1. The molecule has 0 atom stereocenters. The lowest BCUT2D eigenvalue weighted by Gasteiger charge is -2.09. The second kappa shape index (κ2) is 5.96. The van der Waals surface area contributed by atoms with Crippen LogP contribution in [-0.2, 0) is 17.6 Å². The highest BCUT2D eigenvalue weighted by molar-refractivity contribution is 5.88. The Labute approximate surface area is 122 Å². The minimum Gasteiger partial charge on any atom is -0.366 e. The first kappa shape index (κ1) is 15.7. The Hall–Kier alpha value is -2.71. The van der Waals surface area contributed by atoms with Crippen molar-refractivity contribution in [3.05, 3.63) is 41.7 Å². The van der Waals surface area contributed by atoms with Crippen LogP contribution in [0.4, 0.5) is 17.6 Å². The lowest BCUT2D eigenvalue weighted by Crippen LogP contribution is -2.06. The van der Waals surface area contributed by atoms with Crippen molar-refractivity contribution in [2.75, 3.05) is 0 Å². The molecular formula is C13H10F4N4O. The van der Waals surface area contributed by atoms with Gasteiger partial charge in [0.1, 0.15) is 13.0 Å². The van der Waals surface area contributed by atoms with Gasteiger partial charge in [-0.05, 0) is 23.8 Å². The molecule has 0 fully saturated rings. The molecule has 0 aliphatic rings. The number of hydrogen-bond donors (Lipinski definition) is 1. The number of alkyl halides is 4. The quantitative estimate of drug-likeness (QED) is 0.695. The highest BCUT2D eigenvalue weighted by atomic mass is 19.4. The standard InChI is InChI=1S/C13H10F4N4O/c14-6-8-3-9(5-10(4-8)13(15,16)17)12-19-7-21(20-12)2-1-11(18)22/h1-5,7H,6H2,(H2,18,22)/b2-1-. The lowest BCUT2D eigenvalue weighted by molar-refractivity contribution is -0.137. The van der Waals surface area contributed by atoms with E-state index < -0.39 is 24.3 Å². The number of aromatic nitrogens is 3. The zero-order valence-corrected chi connectivity index (χ0v) is 11.0. The van der Waals surface area contributed by atoms with Crippen LogP contribution in [0, 0.1) is 0 Å². The van der Waals surface area contributed by atoms with Crippen LogP contribution in [0.1, 0.15) is 11.1 Å². The van der Waals surface area contributed by atoms with Gasteiger partial charge >= 0.3 is 6.18 Å². The summed E-state index contributed by atoms with van der Waals surface area (Å²) in [5.41, 5.74) is 3.82. The SMILES string of the molecule is NC(=O)/C=C\n1cnc(-c2cc(CF)cc(C(F)(F)F)c2)n1. The zero-order chi connectivity index (χ0) is 16.3. The maximum Gasteiger partial charge on any atom is 0.416 e. The molecule has 0 spiro atoms. The largest absolute Gasteiger partial charge is 0.416 e. The van der Waals surface area contributed by atoms with Gasteiger partial charge in [-0.1, -0.05) is 0 Å². The number of nitrogens with two attached hydrogens (primary N) is 1. The molecule has 9 heteroatoms. The van der Waals surface area contributed by atoms with Crippen molar-refractivity contribution in [1.29, 1.82) is 0 Å². The third-order valence-electron chi connectivity index (χ3n) is 2.63. The molecule has 1 amide bonds. The van der Waals surface area contributed by atoms with E-state index in [2.05, 4.69) is 10.1 Å². The number of benzene rings is 1.